The van der Waals surface area contributed by atoms with E-state index in [4.69, 9.17) is 49.5 Å². The highest BCUT2D eigenvalue weighted by molar-refractivity contribution is 6.35. The van der Waals surface area contributed by atoms with Gasteiger partial charge in [0.25, 0.3) is 0 Å². The van der Waals surface area contributed by atoms with Gasteiger partial charge < -0.3 is 68.5 Å². The maximum absolute atomic E-state index is 14.3. The second-order valence-corrected chi connectivity index (χ2v) is 21.2. The zero-order valence-corrected chi connectivity index (χ0v) is 46.5. The van der Waals surface area contributed by atoms with Gasteiger partial charge in [0.15, 0.2) is 5.72 Å². The third-order valence-corrected chi connectivity index (χ3v) is 15.8. The van der Waals surface area contributed by atoms with Crippen molar-refractivity contribution in [2.75, 3.05) is 72.8 Å². The summed E-state index contributed by atoms with van der Waals surface area (Å²) in [7, 11) is 5.86. The summed E-state index contributed by atoms with van der Waals surface area (Å²) in [4.78, 5) is 94.2. The number of fused-ring (bicyclic) bond motifs is 6. The van der Waals surface area contributed by atoms with E-state index < -0.39 is 95.6 Å². The summed E-state index contributed by atoms with van der Waals surface area (Å²) >= 11 is 6.81. The largest absolute Gasteiger partial charge is 0.495 e. The Bertz CT molecular complexity index is 2460. The van der Waals surface area contributed by atoms with E-state index in [1.807, 2.05) is 13.0 Å². The third kappa shape index (κ3) is 16.1. The number of carboxylic acid groups (broad SMARTS) is 1. The Morgan fingerprint density at radius 2 is 1.73 bits per heavy atom. The highest BCUT2D eigenvalue weighted by atomic mass is 35.5. The van der Waals surface area contributed by atoms with E-state index >= 15 is 0 Å². The van der Waals surface area contributed by atoms with Gasteiger partial charge in [0, 0.05) is 59.4 Å². The molecule has 0 spiro atoms. The number of halogens is 1. The predicted octanol–water partition coefficient (Wildman–Crippen LogP) is 4.45. The Labute approximate surface area is 460 Å². The number of rotatable bonds is 21. The first kappa shape index (κ1) is 61.3. The first-order valence-corrected chi connectivity index (χ1v) is 26.9. The van der Waals surface area contributed by atoms with Crippen LogP contribution in [-0.4, -0.2) is 173 Å². The Morgan fingerprint density at radius 3 is 2.40 bits per heavy atom. The summed E-state index contributed by atoms with van der Waals surface area (Å²) in [5.74, 6) is 3.74. The van der Waals surface area contributed by atoms with Crippen molar-refractivity contribution in [3.05, 3.63) is 46.5 Å². The van der Waals surface area contributed by atoms with Crippen molar-refractivity contribution in [2.45, 2.75) is 140 Å². The normalized spacial score (nSPS) is 29.5. The molecule has 0 aromatic heterocycles. The van der Waals surface area contributed by atoms with Gasteiger partial charge in [0.05, 0.1) is 64.8 Å². The van der Waals surface area contributed by atoms with E-state index in [1.54, 1.807) is 45.2 Å². The maximum Gasteiger partial charge on any atom is 0.409 e. The molecule has 1 aromatic rings. The van der Waals surface area contributed by atoms with Gasteiger partial charge in [0.2, 0.25) is 17.7 Å². The van der Waals surface area contributed by atoms with E-state index in [-0.39, 0.29) is 82.6 Å². The number of likely N-dealkylation sites (N-methyl/N-ethyl adjacent to an activating group) is 1. The van der Waals surface area contributed by atoms with Gasteiger partial charge in [-0.15, -0.1) is 11.8 Å². The highest BCUT2D eigenvalue weighted by Crippen LogP contribution is 2.53. The lowest BCUT2D eigenvalue weighted by atomic mass is 9.83. The Morgan fingerprint density at radius 1 is 1.04 bits per heavy atom. The summed E-state index contributed by atoms with van der Waals surface area (Å²) in [6.07, 6.45) is 2.56. The monoisotopic (exact) mass is 1110 g/mol. The average Bonchev–Trinajstić information content (AvgIpc) is 4.40. The molecule has 2 aliphatic carbocycles. The smallest absolute Gasteiger partial charge is 0.409 e. The van der Waals surface area contributed by atoms with E-state index in [1.165, 1.54) is 38.0 Å². The number of nitrogens with zero attached hydrogens (tertiary/aromatic N) is 2. The van der Waals surface area contributed by atoms with Gasteiger partial charge in [-0.05, 0) is 81.9 Å². The van der Waals surface area contributed by atoms with Gasteiger partial charge in [-0.2, -0.15) is 0 Å². The van der Waals surface area contributed by atoms with Crippen LogP contribution in [0, 0.1) is 35.5 Å². The molecule has 78 heavy (non-hydrogen) atoms. The molecule has 3 fully saturated rings. The number of hydrogen-bond acceptors (Lipinski definition) is 16. The number of aliphatic hydroxyl groups is 1. The van der Waals surface area contributed by atoms with Gasteiger partial charge in [-0.25, -0.2) is 14.4 Å². The van der Waals surface area contributed by atoms with E-state index in [2.05, 4.69) is 27.8 Å². The van der Waals surface area contributed by atoms with Crippen LogP contribution in [0.1, 0.15) is 91.0 Å². The molecule has 3 heterocycles. The second kappa shape index (κ2) is 27.8. The second-order valence-electron chi connectivity index (χ2n) is 20.8. The number of alkyl carbamates (subject to hydrolysis) is 2. The van der Waals surface area contributed by atoms with Crippen molar-refractivity contribution < 1.29 is 81.7 Å². The Balaban J connectivity index is 0.998. The van der Waals surface area contributed by atoms with Crippen LogP contribution in [0.25, 0.3) is 0 Å². The molecular weight excluding hydrogens is 1040 g/mol. The standard InChI is InChI=1S/C55H76ClN5O17/c1-32-14-13-17-43(72-8)55(70)30-42(76-53(69)59-55)33(2)49-54(4,78-49)44(29-46(63)61(6)40-27-35(26-32)28-41(71-7)48(40)56)77-51(67)34(3)60(5)45(62)20-22-73-24-25-74-23-21-57-50(66)39(18-19-47(64)65)58-52(68)75-31-38-36-15-11-9-10-12-16-37(36)38/h13-14,17,27-28,33-34,36-39,42-44,49,70H,11-12,15-16,18-26,29-31H2,1-8H3,(H,57,66)(H,58,68)(H,59,69)(H,64,65)/b17-13+,32-14+/t33-,34-,36-,37+,38?,39?,42+,43-,44+,49+,54+,55+/m1/s1. The molecule has 1 saturated carbocycles. The number of carbonyl (C=O) groups is 7. The first-order chi connectivity index (χ1) is 37.1. The number of carbonyl (C=O) groups excluding carboxylic acids is 6. The van der Waals surface area contributed by atoms with Gasteiger partial charge >= 0.3 is 24.1 Å². The van der Waals surface area contributed by atoms with Crippen molar-refractivity contribution in [2.24, 2.45) is 23.7 Å². The number of benzene rings is 1. The summed E-state index contributed by atoms with van der Waals surface area (Å²) in [6, 6.07) is 1.27. The minimum absolute atomic E-state index is 0.0221. The fraction of sp³-hybridized carbons (Fsp3) is 0.655. The first-order valence-electron chi connectivity index (χ1n) is 26.5. The molecule has 3 aliphatic heterocycles. The Hall–Kier alpha value is -5.96. The van der Waals surface area contributed by atoms with Crippen LogP contribution in [0.2, 0.25) is 5.02 Å². The fourth-order valence-electron chi connectivity index (χ4n) is 10.4. The van der Waals surface area contributed by atoms with Crippen molar-refractivity contribution in [1.29, 1.82) is 0 Å². The quantitative estimate of drug-likeness (QED) is 0.0374. The molecule has 1 aromatic carbocycles. The number of ether oxygens (including phenoxy) is 8. The highest BCUT2D eigenvalue weighted by Gasteiger charge is 2.64. The molecule has 4 bridgehead atoms. The molecule has 0 radical (unpaired) electrons. The minimum atomic E-state index is -1.88. The Kier molecular flexibility index (Phi) is 21.8. The molecular formula is C55H76ClN5O17. The van der Waals surface area contributed by atoms with Crippen LogP contribution in [0.5, 0.6) is 5.75 Å². The lowest BCUT2D eigenvalue weighted by Crippen LogP contribution is -2.63. The van der Waals surface area contributed by atoms with Crippen molar-refractivity contribution in [3.63, 3.8) is 0 Å². The number of carboxylic acids is 1. The van der Waals surface area contributed by atoms with Crippen molar-refractivity contribution >= 4 is 59.1 Å². The molecule has 12 atom stereocenters. The number of aliphatic carboxylic acids is 1. The minimum Gasteiger partial charge on any atom is -0.495 e. The molecule has 430 valence electrons. The van der Waals surface area contributed by atoms with Crippen LogP contribution in [0.15, 0.2) is 35.9 Å². The topological polar surface area (TPSA) is 280 Å². The molecule has 22 nitrogen and oxygen atoms in total. The number of anilines is 1. The summed E-state index contributed by atoms with van der Waals surface area (Å²) in [6.45, 7) is 7.35. The number of methoxy groups -OCH3 is 2. The zero-order valence-electron chi connectivity index (χ0n) is 45.8. The fourth-order valence-corrected chi connectivity index (χ4v) is 10.7. The van der Waals surface area contributed by atoms with E-state index in [9.17, 15) is 43.8 Å². The molecule has 5 amide bonds. The molecule has 2 saturated heterocycles. The number of epoxide rings is 1. The SMILES string of the molecule is COc1cc2cc(c1Cl)N(C)C(=O)C[C@H](OC(=O)[C@@H](C)N(C)C(=O)CCOCCOCCNC(=O)C(CCC(=O)O)NC(=O)OCC1[C@H]3CCC#CCC[C@@H]13)[C@]1(C)O[C@H]1[C@H](C)[C@@H]1C[C@@](O)(NC(=O)O1)[C@H](OC)/C=C/C=C(\C)C2. The van der Waals surface area contributed by atoms with Crippen LogP contribution >= 0.6 is 11.6 Å². The van der Waals surface area contributed by atoms with E-state index in [0.717, 1.165) is 36.8 Å². The van der Waals surface area contributed by atoms with E-state index in [0.29, 0.717) is 29.7 Å². The van der Waals surface area contributed by atoms with Crippen LogP contribution in [0.3, 0.4) is 0 Å². The zero-order chi connectivity index (χ0) is 56.9. The van der Waals surface area contributed by atoms with Gasteiger partial charge in [-0.3, -0.25) is 24.5 Å². The van der Waals surface area contributed by atoms with Crippen LogP contribution in [-0.2, 0) is 63.6 Å². The molecule has 5 N–H and O–H groups in total. The number of esters is 1. The summed E-state index contributed by atoms with van der Waals surface area (Å²) < 4.78 is 46.0. The van der Waals surface area contributed by atoms with Gasteiger partial charge in [0.1, 0.15) is 46.8 Å². The lowest BCUT2D eigenvalue weighted by Gasteiger charge is -2.42. The van der Waals surface area contributed by atoms with Crippen LogP contribution in [0.4, 0.5) is 15.3 Å². The predicted molar refractivity (Wildman–Crippen MR) is 282 cm³/mol. The molecule has 6 rings (SSSR count). The summed E-state index contributed by atoms with van der Waals surface area (Å²) in [5, 5.41) is 28.9. The summed E-state index contributed by atoms with van der Waals surface area (Å²) in [5.41, 5.74) is -1.19. The number of nitrogens with one attached hydrogen (secondary N) is 3. The number of hydrogen-bond donors (Lipinski definition) is 5. The molecule has 2 unspecified atom stereocenters. The van der Waals surface area contributed by atoms with Crippen molar-refractivity contribution in [3.8, 4) is 17.6 Å². The maximum atomic E-state index is 14.3. The number of allylic oxidation sites excluding steroid dienone is 3. The molecule has 5 aliphatic rings. The third-order valence-electron chi connectivity index (χ3n) is 15.4. The average molecular weight is 1110 g/mol. The van der Waals surface area contributed by atoms with Crippen LogP contribution < -0.4 is 25.6 Å². The van der Waals surface area contributed by atoms with Crippen molar-refractivity contribution in [1.82, 2.24) is 20.9 Å². The lowest BCUT2D eigenvalue weighted by molar-refractivity contribution is -0.162. The van der Waals surface area contributed by atoms with Gasteiger partial charge in [-0.1, -0.05) is 42.3 Å². The molecule has 23 heteroatoms. The number of amides is 5.